The Morgan fingerprint density at radius 3 is 3.00 bits per heavy atom. The summed E-state index contributed by atoms with van der Waals surface area (Å²) in [6.07, 6.45) is 5.26. The van der Waals surface area contributed by atoms with E-state index >= 15 is 0 Å². The smallest absolute Gasteiger partial charge is 0.237 e. The fourth-order valence-corrected chi connectivity index (χ4v) is 3.07. The third-order valence-corrected chi connectivity index (χ3v) is 4.31. The zero-order chi connectivity index (χ0) is 14.0. The lowest BCUT2D eigenvalue weighted by Gasteiger charge is -2.39. The van der Waals surface area contributed by atoms with Crippen LogP contribution in [0, 0.1) is 6.92 Å². The number of halogens is 1. The quantitative estimate of drug-likeness (QED) is 0.885. The number of rotatable bonds is 4. The van der Waals surface area contributed by atoms with Gasteiger partial charge in [-0.05, 0) is 39.2 Å². The SMILES string of the molecule is CCNC1(C(N)=O)CCCC(n2cc(Cl)c(C)n2)C1. The highest BCUT2D eigenvalue weighted by Gasteiger charge is 2.41. The van der Waals surface area contributed by atoms with Crippen LogP contribution in [0.15, 0.2) is 6.20 Å². The number of primary amides is 1. The van der Waals surface area contributed by atoms with E-state index in [1.165, 1.54) is 0 Å². The Hall–Kier alpha value is -1.07. The van der Waals surface area contributed by atoms with Crippen LogP contribution >= 0.6 is 11.6 Å². The third-order valence-electron chi connectivity index (χ3n) is 3.94. The number of nitrogens with zero attached hydrogens (tertiary/aromatic N) is 2. The lowest BCUT2D eigenvalue weighted by molar-refractivity contribution is -0.126. The molecule has 5 nitrogen and oxygen atoms in total. The van der Waals surface area contributed by atoms with E-state index in [4.69, 9.17) is 17.3 Å². The average molecular weight is 285 g/mol. The molecule has 0 radical (unpaired) electrons. The van der Waals surface area contributed by atoms with Gasteiger partial charge in [0.25, 0.3) is 0 Å². The van der Waals surface area contributed by atoms with Crippen LogP contribution < -0.4 is 11.1 Å². The monoisotopic (exact) mass is 284 g/mol. The van der Waals surface area contributed by atoms with Gasteiger partial charge in [0.15, 0.2) is 0 Å². The topological polar surface area (TPSA) is 72.9 Å². The summed E-state index contributed by atoms with van der Waals surface area (Å²) in [4.78, 5) is 11.8. The lowest BCUT2D eigenvalue weighted by Crippen LogP contribution is -2.57. The summed E-state index contributed by atoms with van der Waals surface area (Å²) >= 11 is 6.05. The van der Waals surface area contributed by atoms with Crippen molar-refractivity contribution in [3.63, 3.8) is 0 Å². The Morgan fingerprint density at radius 1 is 1.74 bits per heavy atom. The van der Waals surface area contributed by atoms with E-state index in [9.17, 15) is 4.79 Å². The maximum Gasteiger partial charge on any atom is 0.237 e. The molecule has 2 rings (SSSR count). The van der Waals surface area contributed by atoms with Gasteiger partial charge in [-0.25, -0.2) is 0 Å². The number of hydrogen-bond acceptors (Lipinski definition) is 3. The molecule has 1 aromatic heterocycles. The molecule has 6 heteroatoms. The van der Waals surface area contributed by atoms with Crippen LogP contribution in [-0.4, -0.2) is 27.8 Å². The Kier molecular flexibility index (Phi) is 4.16. The third kappa shape index (κ3) is 2.77. The van der Waals surface area contributed by atoms with Crippen molar-refractivity contribution in [1.29, 1.82) is 0 Å². The van der Waals surface area contributed by atoms with Gasteiger partial charge in [-0.15, -0.1) is 0 Å². The lowest BCUT2D eigenvalue weighted by atomic mass is 9.78. The second kappa shape index (κ2) is 5.51. The Balaban J connectivity index is 2.22. The van der Waals surface area contributed by atoms with Gasteiger partial charge >= 0.3 is 0 Å². The van der Waals surface area contributed by atoms with Gasteiger partial charge in [0.1, 0.15) is 0 Å². The standard InChI is InChI=1S/C13H21ClN4O/c1-3-16-13(12(15)19)6-4-5-10(7-13)18-8-11(14)9(2)17-18/h8,10,16H,3-7H2,1-2H3,(H2,15,19). The molecule has 0 spiro atoms. The van der Waals surface area contributed by atoms with E-state index in [-0.39, 0.29) is 11.9 Å². The number of aromatic nitrogens is 2. The van der Waals surface area contributed by atoms with E-state index in [2.05, 4.69) is 10.4 Å². The molecule has 1 fully saturated rings. The van der Waals surface area contributed by atoms with Gasteiger partial charge in [-0.1, -0.05) is 18.5 Å². The summed E-state index contributed by atoms with van der Waals surface area (Å²) in [5.74, 6) is -0.269. The number of carbonyl (C=O) groups excluding carboxylic acids is 1. The van der Waals surface area contributed by atoms with Gasteiger partial charge in [-0.3, -0.25) is 9.48 Å². The summed E-state index contributed by atoms with van der Waals surface area (Å²) in [5.41, 5.74) is 5.82. The van der Waals surface area contributed by atoms with Crippen molar-refractivity contribution >= 4 is 17.5 Å². The fourth-order valence-electron chi connectivity index (χ4n) is 2.93. The second-order valence-electron chi connectivity index (χ2n) is 5.27. The molecule has 1 aromatic rings. The summed E-state index contributed by atoms with van der Waals surface area (Å²) in [7, 11) is 0. The van der Waals surface area contributed by atoms with E-state index < -0.39 is 5.54 Å². The van der Waals surface area contributed by atoms with E-state index in [1.807, 2.05) is 24.7 Å². The number of nitrogens with one attached hydrogen (secondary N) is 1. The van der Waals surface area contributed by atoms with Gasteiger partial charge in [0.2, 0.25) is 5.91 Å². The first kappa shape index (κ1) is 14.3. The minimum atomic E-state index is -0.607. The van der Waals surface area contributed by atoms with Crippen LogP contribution in [0.25, 0.3) is 0 Å². The summed E-state index contributed by atoms with van der Waals surface area (Å²) in [6.45, 7) is 4.60. The zero-order valence-corrected chi connectivity index (χ0v) is 12.2. The van der Waals surface area contributed by atoms with Crippen LogP contribution in [0.1, 0.15) is 44.3 Å². The normalized spacial score (nSPS) is 27.4. The van der Waals surface area contributed by atoms with Crippen LogP contribution in [0.5, 0.6) is 0 Å². The molecule has 1 aliphatic carbocycles. The molecule has 106 valence electrons. The van der Waals surface area contributed by atoms with Gasteiger partial charge in [0.05, 0.1) is 22.3 Å². The van der Waals surface area contributed by atoms with Crippen LogP contribution in [0.4, 0.5) is 0 Å². The molecule has 1 saturated carbocycles. The maximum atomic E-state index is 11.8. The number of carbonyl (C=O) groups is 1. The number of aryl methyl sites for hydroxylation is 1. The first-order chi connectivity index (χ1) is 8.98. The van der Waals surface area contributed by atoms with Crippen LogP contribution in [0.2, 0.25) is 5.02 Å². The van der Waals surface area contributed by atoms with Crippen LogP contribution in [0.3, 0.4) is 0 Å². The van der Waals surface area contributed by atoms with Crippen molar-refractivity contribution in [2.24, 2.45) is 5.73 Å². The molecule has 2 atom stereocenters. The van der Waals surface area contributed by atoms with Crippen molar-refractivity contribution in [2.75, 3.05) is 6.54 Å². The molecular formula is C13H21ClN4O. The van der Waals surface area contributed by atoms with E-state index in [0.717, 1.165) is 31.5 Å². The van der Waals surface area contributed by atoms with Gasteiger partial charge in [-0.2, -0.15) is 5.10 Å². The highest BCUT2D eigenvalue weighted by molar-refractivity contribution is 6.31. The average Bonchev–Trinajstić information content (AvgIpc) is 2.70. The molecule has 0 saturated heterocycles. The number of likely N-dealkylation sites (N-methyl/N-ethyl adjacent to an activating group) is 1. The van der Waals surface area contributed by atoms with E-state index in [0.29, 0.717) is 11.4 Å². The van der Waals surface area contributed by atoms with Gasteiger partial charge < -0.3 is 11.1 Å². The molecule has 1 amide bonds. The molecule has 0 bridgehead atoms. The highest BCUT2D eigenvalue weighted by atomic mass is 35.5. The summed E-state index contributed by atoms with van der Waals surface area (Å²) in [6, 6.07) is 0.173. The van der Waals surface area contributed by atoms with Crippen molar-refractivity contribution in [3.05, 3.63) is 16.9 Å². The molecule has 2 unspecified atom stereocenters. The van der Waals surface area contributed by atoms with Crippen LogP contribution in [-0.2, 0) is 4.79 Å². The maximum absolute atomic E-state index is 11.8. The van der Waals surface area contributed by atoms with E-state index in [1.54, 1.807) is 0 Å². The van der Waals surface area contributed by atoms with Crippen molar-refractivity contribution in [2.45, 2.75) is 51.1 Å². The first-order valence-corrected chi connectivity index (χ1v) is 7.12. The molecule has 3 N–H and O–H groups in total. The predicted molar refractivity (Wildman–Crippen MR) is 75.1 cm³/mol. The summed E-state index contributed by atoms with van der Waals surface area (Å²) < 4.78 is 1.88. The van der Waals surface area contributed by atoms with Gasteiger partial charge in [0, 0.05) is 6.20 Å². The Morgan fingerprint density at radius 2 is 2.47 bits per heavy atom. The molecule has 1 aliphatic rings. The minimum Gasteiger partial charge on any atom is -0.368 e. The number of hydrogen-bond donors (Lipinski definition) is 2. The minimum absolute atomic E-state index is 0.173. The first-order valence-electron chi connectivity index (χ1n) is 6.74. The molecule has 0 aromatic carbocycles. The molecule has 1 heterocycles. The Labute approximate surface area is 118 Å². The zero-order valence-electron chi connectivity index (χ0n) is 11.4. The molecule has 19 heavy (non-hydrogen) atoms. The van der Waals surface area contributed by atoms with Crippen molar-refractivity contribution < 1.29 is 4.79 Å². The molecule has 0 aliphatic heterocycles. The second-order valence-corrected chi connectivity index (χ2v) is 5.68. The van der Waals surface area contributed by atoms with Crippen molar-refractivity contribution in [1.82, 2.24) is 15.1 Å². The number of nitrogens with two attached hydrogens (primary N) is 1. The highest BCUT2D eigenvalue weighted by Crippen LogP contribution is 2.35. The van der Waals surface area contributed by atoms with Crippen molar-refractivity contribution in [3.8, 4) is 0 Å². The summed E-state index contributed by atoms with van der Waals surface area (Å²) in [5, 5.41) is 8.36. The Bertz CT molecular complexity index is 450. The largest absolute Gasteiger partial charge is 0.368 e. The number of amides is 1. The molecular weight excluding hydrogens is 264 g/mol. The predicted octanol–water partition coefficient (Wildman–Crippen LogP) is 1.79. The fraction of sp³-hybridized carbons (Fsp3) is 0.692.